The van der Waals surface area contributed by atoms with E-state index in [-0.39, 0.29) is 6.04 Å². The molecule has 0 aliphatic heterocycles. The van der Waals surface area contributed by atoms with Gasteiger partial charge in [-0.3, -0.25) is 9.36 Å². The second-order valence-corrected chi connectivity index (χ2v) is 5.09. The summed E-state index contributed by atoms with van der Waals surface area (Å²) in [5.41, 5.74) is 5.78. The van der Waals surface area contributed by atoms with E-state index in [9.17, 15) is 0 Å². The second-order valence-electron chi connectivity index (χ2n) is 5.09. The van der Waals surface area contributed by atoms with Crippen molar-refractivity contribution in [1.29, 1.82) is 0 Å². The average molecular weight is 261 g/mol. The van der Waals surface area contributed by atoms with Crippen molar-refractivity contribution < 1.29 is 0 Å². The van der Waals surface area contributed by atoms with Crippen LogP contribution in [-0.2, 0) is 20.5 Å². The highest BCUT2D eigenvalue weighted by atomic mass is 15.3. The molecule has 2 aromatic rings. The smallest absolute Gasteiger partial charge is 0.0853 e. The van der Waals surface area contributed by atoms with Crippen molar-refractivity contribution in [1.82, 2.24) is 19.6 Å². The molecule has 1 atom stereocenters. The minimum Gasteiger partial charge on any atom is -0.376 e. The Morgan fingerprint density at radius 2 is 1.95 bits per heavy atom. The van der Waals surface area contributed by atoms with Crippen LogP contribution < -0.4 is 5.32 Å². The van der Waals surface area contributed by atoms with Gasteiger partial charge in [0.05, 0.1) is 23.1 Å². The lowest BCUT2D eigenvalue weighted by Crippen LogP contribution is -2.09. The molecular weight excluding hydrogens is 238 g/mol. The molecule has 0 aromatic carbocycles. The Morgan fingerprint density at radius 1 is 1.26 bits per heavy atom. The van der Waals surface area contributed by atoms with Crippen LogP contribution in [0.15, 0.2) is 6.20 Å². The van der Waals surface area contributed by atoms with Crippen LogP contribution in [0.2, 0.25) is 0 Å². The van der Waals surface area contributed by atoms with Gasteiger partial charge in [0.25, 0.3) is 0 Å². The van der Waals surface area contributed by atoms with Gasteiger partial charge in [-0.1, -0.05) is 6.92 Å². The van der Waals surface area contributed by atoms with Crippen LogP contribution in [0.4, 0.5) is 5.69 Å². The fraction of sp³-hybridized carbons (Fsp3) is 0.571. The first-order valence-corrected chi connectivity index (χ1v) is 6.73. The van der Waals surface area contributed by atoms with Crippen LogP contribution in [0.25, 0.3) is 0 Å². The van der Waals surface area contributed by atoms with Crippen molar-refractivity contribution in [3.63, 3.8) is 0 Å². The highest BCUT2D eigenvalue weighted by molar-refractivity contribution is 5.49. The third-order valence-corrected chi connectivity index (χ3v) is 3.61. The molecule has 0 fully saturated rings. The Morgan fingerprint density at radius 3 is 2.47 bits per heavy atom. The maximum atomic E-state index is 4.48. The zero-order valence-electron chi connectivity index (χ0n) is 12.7. The van der Waals surface area contributed by atoms with E-state index in [1.54, 1.807) is 0 Å². The van der Waals surface area contributed by atoms with Crippen LogP contribution in [0, 0.1) is 13.8 Å². The lowest BCUT2D eigenvalue weighted by atomic mass is 10.1. The minimum atomic E-state index is 0.225. The summed E-state index contributed by atoms with van der Waals surface area (Å²) < 4.78 is 3.80. The van der Waals surface area contributed by atoms with Gasteiger partial charge in [0.2, 0.25) is 0 Å². The minimum absolute atomic E-state index is 0.225. The molecule has 0 saturated carbocycles. The SMILES string of the molecule is CCc1nn(C)cc1NC(C)c1c(C)nn(C)c1C. The summed E-state index contributed by atoms with van der Waals surface area (Å²) >= 11 is 0. The molecule has 0 radical (unpaired) electrons. The molecule has 2 aromatic heterocycles. The molecule has 5 heteroatoms. The lowest BCUT2D eigenvalue weighted by Gasteiger charge is -2.15. The predicted molar refractivity (Wildman–Crippen MR) is 77.3 cm³/mol. The van der Waals surface area contributed by atoms with Crippen molar-refractivity contribution in [2.75, 3.05) is 5.32 Å². The fourth-order valence-corrected chi connectivity index (χ4v) is 2.64. The molecule has 0 aliphatic rings. The molecule has 2 rings (SSSR count). The Balaban J connectivity index is 2.27. The number of aryl methyl sites for hydroxylation is 4. The molecule has 19 heavy (non-hydrogen) atoms. The summed E-state index contributed by atoms with van der Waals surface area (Å²) in [4.78, 5) is 0. The van der Waals surface area contributed by atoms with E-state index in [1.165, 1.54) is 11.3 Å². The van der Waals surface area contributed by atoms with Crippen molar-refractivity contribution in [3.05, 3.63) is 28.8 Å². The topological polar surface area (TPSA) is 47.7 Å². The van der Waals surface area contributed by atoms with Crippen molar-refractivity contribution in [2.45, 2.75) is 40.2 Å². The largest absolute Gasteiger partial charge is 0.376 e. The van der Waals surface area contributed by atoms with Gasteiger partial charge in [-0.05, 0) is 27.2 Å². The van der Waals surface area contributed by atoms with Gasteiger partial charge in [-0.15, -0.1) is 0 Å². The third-order valence-electron chi connectivity index (χ3n) is 3.61. The Bertz CT molecular complexity index is 579. The van der Waals surface area contributed by atoms with Gasteiger partial charge in [-0.25, -0.2) is 0 Å². The number of nitrogens with zero attached hydrogens (tertiary/aromatic N) is 4. The van der Waals surface area contributed by atoms with Crippen LogP contribution in [0.5, 0.6) is 0 Å². The number of hydrogen-bond acceptors (Lipinski definition) is 3. The molecule has 104 valence electrons. The number of rotatable bonds is 4. The zero-order chi connectivity index (χ0) is 14.2. The summed E-state index contributed by atoms with van der Waals surface area (Å²) in [6.45, 7) is 8.46. The first-order chi connectivity index (χ1) is 8.93. The van der Waals surface area contributed by atoms with Crippen molar-refractivity contribution in [2.24, 2.45) is 14.1 Å². The normalized spacial score (nSPS) is 12.7. The molecule has 0 saturated heterocycles. The quantitative estimate of drug-likeness (QED) is 0.920. The number of anilines is 1. The Kier molecular flexibility index (Phi) is 3.64. The lowest BCUT2D eigenvalue weighted by molar-refractivity contribution is 0.728. The van der Waals surface area contributed by atoms with E-state index in [0.717, 1.165) is 23.5 Å². The molecule has 2 heterocycles. The van der Waals surface area contributed by atoms with Gasteiger partial charge < -0.3 is 5.32 Å². The molecule has 0 amide bonds. The molecule has 0 bridgehead atoms. The van der Waals surface area contributed by atoms with E-state index >= 15 is 0 Å². The Labute approximate surface area is 114 Å². The first kappa shape index (κ1) is 13.6. The van der Waals surface area contributed by atoms with E-state index in [4.69, 9.17) is 0 Å². The summed E-state index contributed by atoms with van der Waals surface area (Å²) in [6.07, 6.45) is 2.97. The molecule has 1 unspecified atom stereocenters. The monoisotopic (exact) mass is 261 g/mol. The van der Waals surface area contributed by atoms with Crippen molar-refractivity contribution in [3.8, 4) is 0 Å². The molecule has 0 aliphatic carbocycles. The summed E-state index contributed by atoms with van der Waals surface area (Å²) in [5, 5.41) is 12.5. The van der Waals surface area contributed by atoms with E-state index < -0.39 is 0 Å². The standard InChI is InChI=1S/C14H23N5/c1-7-12-13(8-18(5)17-12)15-9(2)14-10(3)16-19(6)11(14)4/h8-9,15H,7H2,1-6H3. The second kappa shape index (κ2) is 5.07. The van der Waals surface area contributed by atoms with Crippen LogP contribution >= 0.6 is 0 Å². The van der Waals surface area contributed by atoms with Gasteiger partial charge in [0.15, 0.2) is 0 Å². The molecular formula is C14H23N5. The molecule has 5 nitrogen and oxygen atoms in total. The summed E-state index contributed by atoms with van der Waals surface area (Å²) in [6, 6.07) is 0.225. The molecule has 0 spiro atoms. The fourth-order valence-electron chi connectivity index (χ4n) is 2.64. The first-order valence-electron chi connectivity index (χ1n) is 6.73. The van der Waals surface area contributed by atoms with Gasteiger partial charge in [0.1, 0.15) is 0 Å². The maximum Gasteiger partial charge on any atom is 0.0853 e. The van der Waals surface area contributed by atoms with E-state index in [2.05, 4.69) is 43.2 Å². The maximum absolute atomic E-state index is 4.48. The summed E-state index contributed by atoms with van der Waals surface area (Å²) in [7, 11) is 3.94. The third kappa shape index (κ3) is 2.50. The van der Waals surface area contributed by atoms with E-state index in [1.807, 2.05) is 29.7 Å². The number of hydrogen-bond donors (Lipinski definition) is 1. The number of nitrogens with one attached hydrogen (secondary N) is 1. The number of aromatic nitrogens is 4. The Hall–Kier alpha value is -1.78. The molecule has 1 N–H and O–H groups in total. The highest BCUT2D eigenvalue weighted by Gasteiger charge is 2.17. The van der Waals surface area contributed by atoms with Gasteiger partial charge >= 0.3 is 0 Å². The van der Waals surface area contributed by atoms with Crippen LogP contribution in [-0.4, -0.2) is 19.6 Å². The van der Waals surface area contributed by atoms with Crippen molar-refractivity contribution >= 4 is 5.69 Å². The van der Waals surface area contributed by atoms with Gasteiger partial charge in [-0.2, -0.15) is 10.2 Å². The predicted octanol–water partition coefficient (Wildman–Crippen LogP) is 2.51. The highest BCUT2D eigenvalue weighted by Crippen LogP contribution is 2.26. The summed E-state index contributed by atoms with van der Waals surface area (Å²) in [5.74, 6) is 0. The van der Waals surface area contributed by atoms with Crippen LogP contribution in [0.1, 0.15) is 42.5 Å². The zero-order valence-corrected chi connectivity index (χ0v) is 12.7. The van der Waals surface area contributed by atoms with Crippen LogP contribution in [0.3, 0.4) is 0 Å². The van der Waals surface area contributed by atoms with E-state index in [0.29, 0.717) is 0 Å². The average Bonchev–Trinajstić information content (AvgIpc) is 2.80. The van der Waals surface area contributed by atoms with Gasteiger partial charge in [0, 0.05) is 31.5 Å².